The molecule has 41 heavy (non-hydrogen) atoms. The van der Waals surface area contributed by atoms with Gasteiger partial charge in [0, 0.05) is 37.5 Å². The molecule has 0 aliphatic carbocycles. The molecule has 3 aromatic rings. The Kier molecular flexibility index (Phi) is 9.77. The van der Waals surface area contributed by atoms with Gasteiger partial charge >= 0.3 is 0 Å². The minimum Gasteiger partial charge on any atom is -0.489 e. The van der Waals surface area contributed by atoms with Gasteiger partial charge < -0.3 is 25.1 Å². The molecule has 2 heterocycles. The smallest absolute Gasteiger partial charge is 0.270 e. The number of benzene rings is 2. The molecule has 1 unspecified atom stereocenters. The average molecular weight is 570 g/mol. The molecule has 1 aliphatic rings. The fourth-order valence-corrected chi connectivity index (χ4v) is 4.57. The Morgan fingerprint density at radius 2 is 1.95 bits per heavy atom. The summed E-state index contributed by atoms with van der Waals surface area (Å²) in [4.78, 5) is 37.3. The molecule has 1 aliphatic heterocycles. The lowest BCUT2D eigenvalue weighted by Crippen LogP contribution is -2.49. The van der Waals surface area contributed by atoms with Crippen LogP contribution >= 0.6 is 11.6 Å². The second-order valence-corrected chi connectivity index (χ2v) is 10.1. The highest BCUT2D eigenvalue weighted by molar-refractivity contribution is 6.69. The number of aromatic nitrogens is 1. The number of amides is 1. The van der Waals surface area contributed by atoms with Crippen molar-refractivity contribution in [2.24, 2.45) is 10.7 Å². The maximum Gasteiger partial charge on any atom is 0.270 e. The quantitative estimate of drug-likeness (QED) is 0.237. The van der Waals surface area contributed by atoms with Crippen molar-refractivity contribution in [2.75, 3.05) is 32.1 Å². The molecule has 0 saturated carbocycles. The lowest BCUT2D eigenvalue weighted by atomic mass is 10.0. The zero-order valence-electron chi connectivity index (χ0n) is 23.3. The van der Waals surface area contributed by atoms with Crippen LogP contribution in [0.2, 0.25) is 0 Å². The third-order valence-corrected chi connectivity index (χ3v) is 6.89. The summed E-state index contributed by atoms with van der Waals surface area (Å²) in [6.45, 7) is 2.53. The van der Waals surface area contributed by atoms with Gasteiger partial charge in [0.15, 0.2) is 0 Å². The minimum atomic E-state index is -0.829. The Bertz CT molecular complexity index is 1540. The summed E-state index contributed by atoms with van der Waals surface area (Å²) < 4.78 is 6.05. The van der Waals surface area contributed by atoms with Gasteiger partial charge in [-0.15, -0.1) is 0 Å². The SMILES string of the molecule is Cc1cccc(C#Cc2ccc(OCC(C=O)N3CCC(C(Cl)=NCc4ccccc4)=C(N)C3=O)c(N(C)C)c2)n1. The number of carbonyl (C=O) groups excluding carboxylic acids is 2. The second kappa shape index (κ2) is 13.6. The van der Waals surface area contributed by atoms with Gasteiger partial charge in [-0.1, -0.05) is 53.9 Å². The van der Waals surface area contributed by atoms with Crippen molar-refractivity contribution in [3.8, 4) is 17.6 Å². The summed E-state index contributed by atoms with van der Waals surface area (Å²) in [6.07, 6.45) is 1.08. The molecule has 210 valence electrons. The van der Waals surface area contributed by atoms with Crippen LogP contribution in [0.15, 0.2) is 83.0 Å². The minimum absolute atomic E-state index is 0.00933. The number of hydrogen-bond acceptors (Lipinski definition) is 7. The number of ether oxygens (including phenoxy) is 1. The van der Waals surface area contributed by atoms with Crippen LogP contribution < -0.4 is 15.4 Å². The number of rotatable bonds is 9. The molecule has 4 rings (SSSR count). The number of nitrogens with two attached hydrogens (primary N) is 1. The van der Waals surface area contributed by atoms with Crippen LogP contribution in [0, 0.1) is 18.8 Å². The first-order chi connectivity index (χ1) is 19.8. The van der Waals surface area contributed by atoms with E-state index in [2.05, 4.69) is 21.8 Å². The van der Waals surface area contributed by atoms with Crippen LogP contribution in [0.1, 0.15) is 28.9 Å². The topological polar surface area (TPSA) is 101 Å². The Morgan fingerprint density at radius 3 is 2.66 bits per heavy atom. The van der Waals surface area contributed by atoms with Crippen LogP contribution in [0.5, 0.6) is 5.75 Å². The van der Waals surface area contributed by atoms with E-state index < -0.39 is 11.9 Å². The lowest BCUT2D eigenvalue weighted by molar-refractivity contribution is -0.134. The van der Waals surface area contributed by atoms with E-state index in [9.17, 15) is 9.59 Å². The normalized spacial score (nSPS) is 14.3. The molecule has 9 heteroatoms. The average Bonchev–Trinajstić information content (AvgIpc) is 2.98. The first-order valence-electron chi connectivity index (χ1n) is 13.2. The number of hydrogen-bond donors (Lipinski definition) is 1. The van der Waals surface area contributed by atoms with Crippen molar-refractivity contribution in [2.45, 2.75) is 25.9 Å². The number of carbonyl (C=O) groups is 2. The van der Waals surface area contributed by atoms with Gasteiger partial charge in [0.25, 0.3) is 5.91 Å². The van der Waals surface area contributed by atoms with E-state index in [4.69, 9.17) is 22.1 Å². The molecule has 1 amide bonds. The highest BCUT2D eigenvalue weighted by atomic mass is 35.5. The number of nitrogens with zero attached hydrogens (tertiary/aromatic N) is 4. The van der Waals surface area contributed by atoms with Crippen LogP contribution in [0.25, 0.3) is 0 Å². The van der Waals surface area contributed by atoms with E-state index in [0.717, 1.165) is 22.5 Å². The molecule has 1 aromatic heterocycles. The van der Waals surface area contributed by atoms with Crippen LogP contribution in [0.4, 0.5) is 5.69 Å². The molecular weight excluding hydrogens is 538 g/mol. The second-order valence-electron chi connectivity index (χ2n) is 9.74. The summed E-state index contributed by atoms with van der Waals surface area (Å²) in [5, 5.41) is 0.204. The third-order valence-electron chi connectivity index (χ3n) is 6.54. The number of aldehydes is 1. The number of aryl methyl sites for hydroxylation is 1. The number of anilines is 1. The van der Waals surface area contributed by atoms with Gasteiger partial charge in [-0.05, 0) is 55.2 Å². The van der Waals surface area contributed by atoms with Crippen molar-refractivity contribution in [3.63, 3.8) is 0 Å². The molecular formula is C32H32ClN5O3. The molecule has 0 spiro atoms. The Balaban J connectivity index is 1.45. The maximum absolute atomic E-state index is 13.1. The van der Waals surface area contributed by atoms with Crippen molar-refractivity contribution >= 4 is 34.7 Å². The number of aliphatic imine (C=N–C) groups is 1. The summed E-state index contributed by atoms with van der Waals surface area (Å²) in [7, 11) is 3.78. The predicted octanol–water partition coefficient (Wildman–Crippen LogP) is 4.08. The van der Waals surface area contributed by atoms with E-state index in [1.54, 1.807) is 6.07 Å². The molecule has 1 atom stereocenters. The fraction of sp³-hybridized carbons (Fsp3) is 0.250. The van der Waals surface area contributed by atoms with Gasteiger partial charge in [-0.3, -0.25) is 9.79 Å². The van der Waals surface area contributed by atoms with E-state index in [-0.39, 0.29) is 24.0 Å². The standard InChI is InChI=1S/C32H32ClN5O3/c1-22-8-7-11-25(36-22)14-12-23-13-15-29(28(18-23)37(2)3)41-21-26(20-39)38-17-16-27(30(34)32(38)40)31(33)35-19-24-9-5-4-6-10-24/h4-11,13,15,18,20,26H,16-17,19,21,34H2,1-3H3. The summed E-state index contributed by atoms with van der Waals surface area (Å²) in [6, 6.07) is 20.1. The largest absolute Gasteiger partial charge is 0.489 e. The molecule has 0 saturated heterocycles. The number of pyridine rings is 1. The monoisotopic (exact) mass is 569 g/mol. The van der Waals surface area contributed by atoms with Crippen LogP contribution in [0.3, 0.4) is 0 Å². The van der Waals surface area contributed by atoms with E-state index >= 15 is 0 Å². The summed E-state index contributed by atoms with van der Waals surface area (Å²) in [5.74, 6) is 6.31. The Hall–Kier alpha value is -4.61. The Morgan fingerprint density at radius 1 is 1.17 bits per heavy atom. The van der Waals surface area contributed by atoms with Gasteiger partial charge in [-0.25, -0.2) is 4.98 Å². The van der Waals surface area contributed by atoms with Crippen molar-refractivity contribution < 1.29 is 14.3 Å². The highest BCUT2D eigenvalue weighted by Gasteiger charge is 2.32. The zero-order chi connectivity index (χ0) is 29.4. The van der Waals surface area contributed by atoms with Gasteiger partial charge in [0.2, 0.25) is 0 Å². The summed E-state index contributed by atoms with van der Waals surface area (Å²) >= 11 is 6.43. The van der Waals surface area contributed by atoms with Crippen molar-refractivity contribution in [1.29, 1.82) is 0 Å². The summed E-state index contributed by atoms with van der Waals surface area (Å²) in [5.41, 5.74) is 10.8. The van der Waals surface area contributed by atoms with Crippen LogP contribution in [-0.4, -0.2) is 60.5 Å². The zero-order valence-corrected chi connectivity index (χ0v) is 24.1. The van der Waals surface area contributed by atoms with Gasteiger partial charge in [0.1, 0.15) is 41.2 Å². The molecule has 2 aromatic carbocycles. The maximum atomic E-state index is 13.1. The van der Waals surface area contributed by atoms with Crippen LogP contribution in [-0.2, 0) is 16.1 Å². The predicted molar refractivity (Wildman–Crippen MR) is 162 cm³/mol. The fourth-order valence-electron chi connectivity index (χ4n) is 4.32. The molecule has 0 fully saturated rings. The van der Waals surface area contributed by atoms with Gasteiger partial charge in [-0.2, -0.15) is 0 Å². The molecule has 2 N–H and O–H groups in total. The van der Waals surface area contributed by atoms with E-state index in [0.29, 0.717) is 36.3 Å². The first kappa shape index (κ1) is 29.4. The lowest BCUT2D eigenvalue weighted by Gasteiger charge is -2.32. The first-order valence-corrected chi connectivity index (χ1v) is 13.5. The van der Waals surface area contributed by atoms with Gasteiger partial charge in [0.05, 0.1) is 12.2 Å². The Labute approximate surface area is 245 Å². The number of halogens is 1. The van der Waals surface area contributed by atoms with Crippen molar-refractivity contribution in [1.82, 2.24) is 9.88 Å². The molecule has 0 bridgehead atoms. The van der Waals surface area contributed by atoms with E-state index in [1.807, 2.05) is 86.6 Å². The third kappa shape index (κ3) is 7.53. The molecule has 8 nitrogen and oxygen atoms in total. The highest BCUT2D eigenvalue weighted by Crippen LogP contribution is 2.29. The van der Waals surface area contributed by atoms with Crippen molar-refractivity contribution in [3.05, 3.63) is 101 Å². The molecule has 0 radical (unpaired) electrons. The van der Waals surface area contributed by atoms with E-state index in [1.165, 1.54) is 4.90 Å².